The molecule has 0 bridgehead atoms. The predicted octanol–water partition coefficient (Wildman–Crippen LogP) is 2.57. The molecule has 2 amide bonds. The molecule has 0 radical (unpaired) electrons. The first-order valence-corrected chi connectivity index (χ1v) is 6.11. The molecule has 15 heavy (non-hydrogen) atoms. The van der Waals surface area contributed by atoms with Crippen LogP contribution in [0.2, 0.25) is 0 Å². The number of piperidine rings is 1. The molecule has 0 aromatic heterocycles. The van der Waals surface area contributed by atoms with Gasteiger partial charge in [0.1, 0.15) is 0 Å². The maximum absolute atomic E-state index is 12.2. The van der Waals surface area contributed by atoms with Gasteiger partial charge < -0.3 is 9.80 Å². The molecule has 1 atom stereocenters. The largest absolute Gasteiger partial charge is 0.324 e. The van der Waals surface area contributed by atoms with Gasteiger partial charge in [-0.05, 0) is 39.5 Å². The standard InChI is InChI=1S/C12H24N2O/c1-5-14(10(2)3)12(15)13-8-6-7-11(4)9-13/h10-11H,5-9H2,1-4H3. The van der Waals surface area contributed by atoms with Crippen molar-refractivity contribution in [3.8, 4) is 0 Å². The normalized spacial score (nSPS) is 21.9. The molecular formula is C12H24N2O. The number of rotatable bonds is 2. The number of urea groups is 1. The molecule has 0 N–H and O–H groups in total. The molecule has 1 aliphatic heterocycles. The van der Waals surface area contributed by atoms with Gasteiger partial charge in [-0.25, -0.2) is 4.79 Å². The van der Waals surface area contributed by atoms with Crippen molar-refractivity contribution < 1.29 is 4.79 Å². The summed E-state index contributed by atoms with van der Waals surface area (Å²) in [7, 11) is 0. The summed E-state index contributed by atoms with van der Waals surface area (Å²) in [6.07, 6.45) is 2.42. The summed E-state index contributed by atoms with van der Waals surface area (Å²) in [6.45, 7) is 11.1. The van der Waals surface area contributed by atoms with Gasteiger partial charge in [-0.2, -0.15) is 0 Å². The fraction of sp³-hybridized carbons (Fsp3) is 0.917. The van der Waals surface area contributed by atoms with E-state index in [0.29, 0.717) is 12.0 Å². The van der Waals surface area contributed by atoms with Crippen LogP contribution < -0.4 is 0 Å². The SMILES string of the molecule is CCN(C(=O)N1CCCC(C)C1)C(C)C. The molecule has 0 spiro atoms. The summed E-state index contributed by atoms with van der Waals surface area (Å²) in [6, 6.07) is 0.527. The number of likely N-dealkylation sites (tertiary alicyclic amines) is 1. The van der Waals surface area contributed by atoms with Crippen LogP contribution in [0.25, 0.3) is 0 Å². The Labute approximate surface area is 93.4 Å². The number of carbonyl (C=O) groups excluding carboxylic acids is 1. The Bertz CT molecular complexity index is 216. The van der Waals surface area contributed by atoms with Gasteiger partial charge in [0.05, 0.1) is 0 Å². The third-order valence-corrected chi connectivity index (χ3v) is 3.14. The smallest absolute Gasteiger partial charge is 0.320 e. The molecule has 0 saturated carbocycles. The van der Waals surface area contributed by atoms with Gasteiger partial charge in [-0.1, -0.05) is 6.92 Å². The fourth-order valence-corrected chi connectivity index (χ4v) is 2.27. The molecule has 0 aromatic rings. The molecule has 1 saturated heterocycles. The molecule has 88 valence electrons. The maximum atomic E-state index is 12.2. The highest BCUT2D eigenvalue weighted by Gasteiger charge is 2.25. The van der Waals surface area contributed by atoms with Crippen molar-refractivity contribution in [1.29, 1.82) is 0 Å². The number of nitrogens with zero attached hydrogens (tertiary/aromatic N) is 2. The molecular weight excluding hydrogens is 188 g/mol. The van der Waals surface area contributed by atoms with Crippen LogP contribution in [-0.2, 0) is 0 Å². The Balaban J connectivity index is 2.57. The molecule has 3 heteroatoms. The molecule has 1 heterocycles. The van der Waals surface area contributed by atoms with Gasteiger partial charge >= 0.3 is 6.03 Å². The molecule has 1 rings (SSSR count). The molecule has 3 nitrogen and oxygen atoms in total. The zero-order chi connectivity index (χ0) is 11.4. The van der Waals surface area contributed by atoms with Crippen LogP contribution in [0.15, 0.2) is 0 Å². The highest BCUT2D eigenvalue weighted by molar-refractivity contribution is 5.74. The Morgan fingerprint density at radius 2 is 2.20 bits per heavy atom. The topological polar surface area (TPSA) is 23.6 Å². The Kier molecular flexibility index (Phi) is 4.43. The Morgan fingerprint density at radius 1 is 1.53 bits per heavy atom. The highest BCUT2D eigenvalue weighted by Crippen LogP contribution is 2.17. The first-order chi connectivity index (χ1) is 7.06. The van der Waals surface area contributed by atoms with Crippen molar-refractivity contribution in [2.24, 2.45) is 5.92 Å². The lowest BCUT2D eigenvalue weighted by Gasteiger charge is -2.36. The van der Waals surface area contributed by atoms with E-state index in [2.05, 4.69) is 20.8 Å². The van der Waals surface area contributed by atoms with Gasteiger partial charge in [-0.15, -0.1) is 0 Å². The van der Waals surface area contributed by atoms with Crippen molar-refractivity contribution in [1.82, 2.24) is 9.80 Å². The highest BCUT2D eigenvalue weighted by atomic mass is 16.2. The van der Waals surface area contributed by atoms with Crippen molar-refractivity contribution in [2.45, 2.75) is 46.6 Å². The van der Waals surface area contributed by atoms with Gasteiger partial charge in [0.15, 0.2) is 0 Å². The van der Waals surface area contributed by atoms with Crippen LogP contribution in [0.1, 0.15) is 40.5 Å². The van der Waals surface area contributed by atoms with E-state index in [9.17, 15) is 4.79 Å². The molecule has 0 aliphatic carbocycles. The second-order valence-electron chi connectivity index (χ2n) is 4.86. The van der Waals surface area contributed by atoms with E-state index in [1.165, 1.54) is 6.42 Å². The average Bonchev–Trinajstić information content (AvgIpc) is 2.18. The quantitative estimate of drug-likeness (QED) is 0.690. The summed E-state index contributed by atoms with van der Waals surface area (Å²) in [5.41, 5.74) is 0. The minimum Gasteiger partial charge on any atom is -0.324 e. The molecule has 1 fully saturated rings. The van der Waals surface area contributed by atoms with E-state index in [-0.39, 0.29) is 6.03 Å². The summed E-state index contributed by atoms with van der Waals surface area (Å²) in [4.78, 5) is 16.1. The summed E-state index contributed by atoms with van der Waals surface area (Å²) < 4.78 is 0. The van der Waals surface area contributed by atoms with Crippen LogP contribution >= 0.6 is 0 Å². The van der Waals surface area contributed by atoms with Crippen LogP contribution in [-0.4, -0.2) is 41.5 Å². The third kappa shape index (κ3) is 3.11. The number of hydrogen-bond donors (Lipinski definition) is 0. The lowest BCUT2D eigenvalue weighted by molar-refractivity contribution is 0.123. The summed E-state index contributed by atoms with van der Waals surface area (Å²) in [5, 5.41) is 0. The van der Waals surface area contributed by atoms with Gasteiger partial charge in [0.2, 0.25) is 0 Å². The van der Waals surface area contributed by atoms with E-state index < -0.39 is 0 Å². The van der Waals surface area contributed by atoms with Crippen LogP contribution in [0.5, 0.6) is 0 Å². The van der Waals surface area contributed by atoms with Crippen molar-refractivity contribution in [3.05, 3.63) is 0 Å². The zero-order valence-electron chi connectivity index (χ0n) is 10.5. The van der Waals surface area contributed by atoms with Crippen molar-refractivity contribution in [2.75, 3.05) is 19.6 Å². The van der Waals surface area contributed by atoms with E-state index in [4.69, 9.17) is 0 Å². The van der Waals surface area contributed by atoms with E-state index in [0.717, 1.165) is 26.1 Å². The molecule has 0 aromatic carbocycles. The second-order valence-corrected chi connectivity index (χ2v) is 4.86. The van der Waals surface area contributed by atoms with Crippen molar-refractivity contribution >= 4 is 6.03 Å². The lowest BCUT2D eigenvalue weighted by atomic mass is 10.0. The summed E-state index contributed by atoms with van der Waals surface area (Å²) in [5.74, 6) is 0.661. The molecule has 1 aliphatic rings. The van der Waals surface area contributed by atoms with Crippen LogP contribution in [0.3, 0.4) is 0 Å². The Hall–Kier alpha value is -0.730. The summed E-state index contributed by atoms with van der Waals surface area (Å²) >= 11 is 0. The van der Waals surface area contributed by atoms with E-state index in [1.807, 2.05) is 16.7 Å². The fourth-order valence-electron chi connectivity index (χ4n) is 2.27. The van der Waals surface area contributed by atoms with Crippen molar-refractivity contribution in [3.63, 3.8) is 0 Å². The number of hydrogen-bond acceptors (Lipinski definition) is 1. The van der Waals surface area contributed by atoms with Crippen LogP contribution in [0.4, 0.5) is 4.79 Å². The van der Waals surface area contributed by atoms with E-state index in [1.54, 1.807) is 0 Å². The Morgan fingerprint density at radius 3 is 2.67 bits per heavy atom. The zero-order valence-corrected chi connectivity index (χ0v) is 10.5. The minimum atomic E-state index is 0.221. The van der Waals surface area contributed by atoms with Crippen LogP contribution in [0, 0.1) is 5.92 Å². The number of amides is 2. The monoisotopic (exact) mass is 212 g/mol. The molecule has 1 unspecified atom stereocenters. The number of carbonyl (C=O) groups is 1. The average molecular weight is 212 g/mol. The van der Waals surface area contributed by atoms with Gasteiger partial charge in [0.25, 0.3) is 0 Å². The third-order valence-electron chi connectivity index (χ3n) is 3.14. The first-order valence-electron chi connectivity index (χ1n) is 6.11. The first kappa shape index (κ1) is 12.3. The second kappa shape index (κ2) is 5.38. The van der Waals surface area contributed by atoms with Gasteiger partial charge in [-0.3, -0.25) is 0 Å². The van der Waals surface area contributed by atoms with Gasteiger partial charge in [0, 0.05) is 25.7 Å². The van der Waals surface area contributed by atoms with E-state index >= 15 is 0 Å². The predicted molar refractivity (Wildman–Crippen MR) is 62.9 cm³/mol. The minimum absolute atomic E-state index is 0.221. The maximum Gasteiger partial charge on any atom is 0.320 e. The lowest BCUT2D eigenvalue weighted by Crippen LogP contribution is -2.49.